The summed E-state index contributed by atoms with van der Waals surface area (Å²) in [6.45, 7) is 9.60. The summed E-state index contributed by atoms with van der Waals surface area (Å²) in [6, 6.07) is 3.72. The molecule has 1 heterocycles. The molecule has 1 rings (SSSR count). The Morgan fingerprint density at radius 2 is 2.09 bits per heavy atom. The predicted octanol–water partition coefficient (Wildman–Crippen LogP) is 2.47. The van der Waals surface area contributed by atoms with Gasteiger partial charge in [-0.1, -0.05) is 19.9 Å². The topological polar surface area (TPSA) is 65.5 Å². The highest BCUT2D eigenvalue weighted by Gasteiger charge is 2.04. The summed E-state index contributed by atoms with van der Waals surface area (Å²) in [7, 11) is 0. The van der Waals surface area contributed by atoms with Crippen LogP contribution in [0.4, 0.5) is 0 Å². The summed E-state index contributed by atoms with van der Waals surface area (Å²) in [5.74, 6) is 1.54. The molecule has 0 aliphatic carbocycles. The van der Waals surface area contributed by atoms with Crippen molar-refractivity contribution in [3.05, 3.63) is 22.4 Å². The maximum atomic E-state index is 11.7. The van der Waals surface area contributed by atoms with E-state index >= 15 is 0 Å². The summed E-state index contributed by atoms with van der Waals surface area (Å²) in [4.78, 5) is 17.0. The standard InChI is InChI=1S/C16H28N4OS/c1-4-17-16(20-11-8-13(2)3)19-10-6-9-18-15(21)14-7-5-12-22-14/h5,7,12-13H,4,6,8-11H2,1-3H3,(H,18,21)(H2,17,19,20). The first-order valence-corrected chi connectivity index (χ1v) is 8.85. The third kappa shape index (κ3) is 8.02. The molecule has 0 saturated carbocycles. The number of amides is 1. The molecule has 124 valence electrons. The molecule has 0 aliphatic heterocycles. The van der Waals surface area contributed by atoms with Crippen molar-refractivity contribution in [3.8, 4) is 0 Å². The van der Waals surface area contributed by atoms with Gasteiger partial charge in [-0.2, -0.15) is 0 Å². The molecule has 0 unspecified atom stereocenters. The zero-order valence-electron chi connectivity index (χ0n) is 13.8. The van der Waals surface area contributed by atoms with E-state index in [0.717, 1.165) is 36.8 Å². The van der Waals surface area contributed by atoms with Crippen molar-refractivity contribution < 1.29 is 4.79 Å². The summed E-state index contributed by atoms with van der Waals surface area (Å²) in [6.07, 6.45) is 1.96. The van der Waals surface area contributed by atoms with E-state index in [2.05, 4.69) is 41.7 Å². The van der Waals surface area contributed by atoms with Crippen LogP contribution in [0.3, 0.4) is 0 Å². The lowest BCUT2D eigenvalue weighted by Crippen LogP contribution is -2.38. The van der Waals surface area contributed by atoms with Crippen LogP contribution >= 0.6 is 11.3 Å². The van der Waals surface area contributed by atoms with Crippen molar-refractivity contribution in [1.29, 1.82) is 0 Å². The lowest BCUT2D eigenvalue weighted by atomic mass is 10.1. The first-order valence-electron chi connectivity index (χ1n) is 7.97. The van der Waals surface area contributed by atoms with Crippen LogP contribution in [0.25, 0.3) is 0 Å². The van der Waals surface area contributed by atoms with Gasteiger partial charge in [0, 0.05) is 26.2 Å². The SMILES string of the molecule is CCNC(=NCCCNC(=O)c1cccs1)NCCC(C)C. The normalized spacial score (nSPS) is 11.5. The van der Waals surface area contributed by atoms with Crippen LogP contribution in [0.1, 0.15) is 43.3 Å². The maximum absolute atomic E-state index is 11.7. The van der Waals surface area contributed by atoms with Gasteiger partial charge in [0.05, 0.1) is 4.88 Å². The average molecular weight is 324 g/mol. The fraction of sp³-hybridized carbons (Fsp3) is 0.625. The highest BCUT2D eigenvalue weighted by atomic mass is 32.1. The molecule has 0 aromatic carbocycles. The lowest BCUT2D eigenvalue weighted by Gasteiger charge is -2.12. The number of nitrogens with zero attached hydrogens (tertiary/aromatic N) is 1. The van der Waals surface area contributed by atoms with Crippen LogP contribution in [-0.2, 0) is 0 Å². The third-order valence-electron chi connectivity index (χ3n) is 2.99. The van der Waals surface area contributed by atoms with E-state index in [4.69, 9.17) is 0 Å². The number of hydrogen-bond donors (Lipinski definition) is 3. The molecule has 22 heavy (non-hydrogen) atoms. The second kappa shape index (κ2) is 11.1. The highest BCUT2D eigenvalue weighted by molar-refractivity contribution is 7.12. The monoisotopic (exact) mass is 324 g/mol. The minimum absolute atomic E-state index is 0.000875. The van der Waals surface area contributed by atoms with E-state index in [-0.39, 0.29) is 5.91 Å². The first-order chi connectivity index (χ1) is 10.6. The van der Waals surface area contributed by atoms with Gasteiger partial charge in [0.1, 0.15) is 0 Å². The van der Waals surface area contributed by atoms with Gasteiger partial charge in [-0.25, -0.2) is 0 Å². The lowest BCUT2D eigenvalue weighted by molar-refractivity contribution is 0.0957. The molecular weight excluding hydrogens is 296 g/mol. The fourth-order valence-electron chi connectivity index (χ4n) is 1.79. The molecule has 1 amide bonds. The van der Waals surface area contributed by atoms with E-state index < -0.39 is 0 Å². The van der Waals surface area contributed by atoms with Gasteiger partial charge in [-0.15, -0.1) is 11.3 Å². The van der Waals surface area contributed by atoms with Crippen LogP contribution in [-0.4, -0.2) is 38.0 Å². The molecule has 0 bridgehead atoms. The van der Waals surface area contributed by atoms with E-state index in [1.807, 2.05) is 17.5 Å². The van der Waals surface area contributed by atoms with E-state index in [9.17, 15) is 4.79 Å². The van der Waals surface area contributed by atoms with Crippen LogP contribution in [0.2, 0.25) is 0 Å². The van der Waals surface area contributed by atoms with Crippen molar-refractivity contribution in [2.45, 2.75) is 33.6 Å². The number of rotatable bonds is 9. The van der Waals surface area contributed by atoms with E-state index in [1.165, 1.54) is 11.3 Å². The molecule has 0 saturated heterocycles. The zero-order valence-corrected chi connectivity index (χ0v) is 14.6. The minimum Gasteiger partial charge on any atom is -0.357 e. The Kier molecular flexibility index (Phi) is 9.30. The van der Waals surface area contributed by atoms with Crippen molar-refractivity contribution in [1.82, 2.24) is 16.0 Å². The number of hydrogen-bond acceptors (Lipinski definition) is 3. The molecule has 3 N–H and O–H groups in total. The second-order valence-electron chi connectivity index (χ2n) is 5.46. The van der Waals surface area contributed by atoms with Crippen LogP contribution in [0.15, 0.2) is 22.5 Å². The second-order valence-corrected chi connectivity index (χ2v) is 6.40. The van der Waals surface area contributed by atoms with Gasteiger partial charge in [-0.3, -0.25) is 9.79 Å². The number of aliphatic imine (C=N–C) groups is 1. The Balaban J connectivity index is 2.21. The fourth-order valence-corrected chi connectivity index (χ4v) is 2.43. The van der Waals surface area contributed by atoms with Gasteiger partial charge in [-0.05, 0) is 37.1 Å². The summed E-state index contributed by atoms with van der Waals surface area (Å²) < 4.78 is 0. The minimum atomic E-state index is 0.000875. The average Bonchev–Trinajstić information content (AvgIpc) is 3.00. The van der Waals surface area contributed by atoms with E-state index in [1.54, 1.807) is 0 Å². The molecule has 0 spiro atoms. The van der Waals surface area contributed by atoms with Gasteiger partial charge in [0.25, 0.3) is 5.91 Å². The first kappa shape index (κ1) is 18.5. The highest BCUT2D eigenvalue weighted by Crippen LogP contribution is 2.07. The van der Waals surface area contributed by atoms with Crippen LogP contribution in [0.5, 0.6) is 0 Å². The van der Waals surface area contributed by atoms with Gasteiger partial charge < -0.3 is 16.0 Å². The Morgan fingerprint density at radius 3 is 2.73 bits per heavy atom. The number of carbonyl (C=O) groups is 1. The Morgan fingerprint density at radius 1 is 1.27 bits per heavy atom. The Hall–Kier alpha value is -1.56. The molecule has 5 nitrogen and oxygen atoms in total. The third-order valence-corrected chi connectivity index (χ3v) is 3.86. The van der Waals surface area contributed by atoms with Gasteiger partial charge in [0.15, 0.2) is 5.96 Å². The largest absolute Gasteiger partial charge is 0.357 e. The smallest absolute Gasteiger partial charge is 0.261 e. The van der Waals surface area contributed by atoms with Crippen LogP contribution < -0.4 is 16.0 Å². The maximum Gasteiger partial charge on any atom is 0.261 e. The predicted molar refractivity (Wildman–Crippen MR) is 94.7 cm³/mol. The summed E-state index contributed by atoms with van der Waals surface area (Å²) in [5, 5.41) is 11.4. The van der Waals surface area contributed by atoms with Crippen molar-refractivity contribution in [3.63, 3.8) is 0 Å². The molecule has 0 fully saturated rings. The number of nitrogens with one attached hydrogen (secondary N) is 3. The van der Waals surface area contributed by atoms with Crippen LogP contribution in [0, 0.1) is 5.92 Å². The van der Waals surface area contributed by atoms with E-state index in [0.29, 0.717) is 19.0 Å². The number of carbonyl (C=O) groups excluding carboxylic acids is 1. The molecule has 0 aliphatic rings. The quantitative estimate of drug-likeness (QED) is 0.371. The number of thiophene rings is 1. The van der Waals surface area contributed by atoms with Crippen molar-refractivity contribution >= 4 is 23.2 Å². The number of guanidine groups is 1. The molecule has 0 radical (unpaired) electrons. The molecule has 6 heteroatoms. The summed E-state index contributed by atoms with van der Waals surface area (Å²) in [5.41, 5.74) is 0. The Bertz CT molecular complexity index is 443. The van der Waals surface area contributed by atoms with Crippen molar-refractivity contribution in [2.75, 3.05) is 26.2 Å². The zero-order chi connectivity index (χ0) is 16.2. The van der Waals surface area contributed by atoms with Crippen molar-refractivity contribution in [2.24, 2.45) is 10.9 Å². The molecule has 1 aromatic heterocycles. The molecule has 0 atom stereocenters. The van der Waals surface area contributed by atoms with Gasteiger partial charge in [0.2, 0.25) is 0 Å². The molecule has 1 aromatic rings. The van der Waals surface area contributed by atoms with Gasteiger partial charge >= 0.3 is 0 Å². The Labute approximate surface area is 137 Å². The summed E-state index contributed by atoms with van der Waals surface area (Å²) >= 11 is 1.46. The molecular formula is C16H28N4OS.